The van der Waals surface area contributed by atoms with Crippen LogP contribution in [0.3, 0.4) is 0 Å². The predicted molar refractivity (Wildman–Crippen MR) is 102 cm³/mol. The number of carbonyl (C=O) groups excluding carboxylic acids is 4. The molecule has 0 bridgehead atoms. The van der Waals surface area contributed by atoms with Crippen LogP contribution in [0.1, 0.15) is 61.2 Å². The van der Waals surface area contributed by atoms with Crippen LogP contribution < -0.4 is 0 Å². The van der Waals surface area contributed by atoms with Crippen molar-refractivity contribution in [2.45, 2.75) is 19.8 Å². The number of hydrogen-bond acceptors (Lipinski definition) is 4. The number of imide groups is 2. The average Bonchev–Trinajstić information content (AvgIpc) is 3.10. The lowest BCUT2D eigenvalue weighted by molar-refractivity contribution is 0.0645. The van der Waals surface area contributed by atoms with E-state index in [1.165, 1.54) is 9.80 Å². The minimum absolute atomic E-state index is 0.147. The van der Waals surface area contributed by atoms with Gasteiger partial charge in [0, 0.05) is 13.1 Å². The standard InChI is InChI=1S/C22H20N2O4/c1-14(10-12-23-19(25)15-6-2-3-7-16(15)20(23)26)11-13-24-21(27)17-8-4-5-9-18(17)22(24)28/h2-9,14H,10-13H2,1H3. The Morgan fingerprint density at radius 2 is 0.893 bits per heavy atom. The minimum Gasteiger partial charge on any atom is -0.274 e. The van der Waals surface area contributed by atoms with Gasteiger partial charge < -0.3 is 0 Å². The first-order chi connectivity index (χ1) is 13.5. The van der Waals surface area contributed by atoms with Crippen LogP contribution in [0.2, 0.25) is 0 Å². The highest BCUT2D eigenvalue weighted by molar-refractivity contribution is 6.22. The van der Waals surface area contributed by atoms with Crippen molar-refractivity contribution in [3.63, 3.8) is 0 Å². The van der Waals surface area contributed by atoms with Crippen LogP contribution in [0.5, 0.6) is 0 Å². The molecule has 0 saturated carbocycles. The zero-order valence-electron chi connectivity index (χ0n) is 15.6. The monoisotopic (exact) mass is 376 g/mol. The maximum atomic E-state index is 12.4. The van der Waals surface area contributed by atoms with Crippen molar-refractivity contribution in [3.8, 4) is 0 Å². The molecule has 2 aliphatic rings. The number of carbonyl (C=O) groups is 4. The molecule has 6 heteroatoms. The highest BCUT2D eigenvalue weighted by Gasteiger charge is 2.36. The van der Waals surface area contributed by atoms with Crippen molar-refractivity contribution in [3.05, 3.63) is 70.8 Å². The Morgan fingerprint density at radius 3 is 1.18 bits per heavy atom. The van der Waals surface area contributed by atoms with Crippen molar-refractivity contribution in [1.82, 2.24) is 9.80 Å². The van der Waals surface area contributed by atoms with E-state index in [1.807, 2.05) is 6.92 Å². The van der Waals surface area contributed by atoms with E-state index in [2.05, 4.69) is 0 Å². The SMILES string of the molecule is CC(CCN1C(=O)c2ccccc2C1=O)CCN1C(=O)c2ccccc2C1=O. The van der Waals surface area contributed by atoms with Crippen LogP contribution in [0, 0.1) is 5.92 Å². The smallest absolute Gasteiger partial charge is 0.261 e. The van der Waals surface area contributed by atoms with Gasteiger partial charge >= 0.3 is 0 Å². The second kappa shape index (κ2) is 7.03. The molecule has 0 unspecified atom stereocenters. The lowest BCUT2D eigenvalue weighted by atomic mass is 10.0. The molecule has 142 valence electrons. The quantitative estimate of drug-likeness (QED) is 0.727. The maximum Gasteiger partial charge on any atom is 0.261 e. The number of nitrogens with zero attached hydrogens (tertiary/aromatic N) is 2. The van der Waals surface area contributed by atoms with Gasteiger partial charge in [0.15, 0.2) is 0 Å². The molecule has 0 radical (unpaired) electrons. The summed E-state index contributed by atoms with van der Waals surface area (Å²) in [5.74, 6) is -0.879. The summed E-state index contributed by atoms with van der Waals surface area (Å²) in [5.41, 5.74) is 1.80. The molecule has 0 fully saturated rings. The largest absolute Gasteiger partial charge is 0.274 e. The van der Waals surface area contributed by atoms with E-state index in [1.54, 1.807) is 48.5 Å². The molecule has 4 rings (SSSR count). The zero-order valence-corrected chi connectivity index (χ0v) is 15.6. The van der Waals surface area contributed by atoms with Gasteiger partial charge in [0.1, 0.15) is 0 Å². The van der Waals surface area contributed by atoms with Gasteiger partial charge in [0.2, 0.25) is 0 Å². The van der Waals surface area contributed by atoms with Gasteiger partial charge in [-0.3, -0.25) is 29.0 Å². The fourth-order valence-electron chi connectivity index (χ4n) is 3.73. The maximum absolute atomic E-state index is 12.4. The molecule has 2 aromatic carbocycles. The molecule has 28 heavy (non-hydrogen) atoms. The molecule has 2 aromatic rings. The Hall–Kier alpha value is -3.28. The van der Waals surface area contributed by atoms with Gasteiger partial charge in [-0.2, -0.15) is 0 Å². The average molecular weight is 376 g/mol. The third kappa shape index (κ3) is 2.91. The Labute approximate surface area is 162 Å². The molecule has 0 spiro atoms. The van der Waals surface area contributed by atoms with Gasteiger partial charge in [0.05, 0.1) is 22.3 Å². The van der Waals surface area contributed by atoms with E-state index in [4.69, 9.17) is 0 Å². The van der Waals surface area contributed by atoms with Gasteiger partial charge in [-0.25, -0.2) is 0 Å². The lowest BCUT2D eigenvalue weighted by Gasteiger charge is -2.20. The molecule has 4 amide bonds. The van der Waals surface area contributed by atoms with Crippen LogP contribution in [-0.2, 0) is 0 Å². The van der Waals surface area contributed by atoms with Crippen molar-refractivity contribution in [2.75, 3.05) is 13.1 Å². The van der Waals surface area contributed by atoms with E-state index in [0.29, 0.717) is 48.2 Å². The fourth-order valence-corrected chi connectivity index (χ4v) is 3.73. The Kier molecular flexibility index (Phi) is 4.55. The predicted octanol–water partition coefficient (Wildman–Crippen LogP) is 3.00. The molecule has 0 aliphatic carbocycles. The Bertz CT molecular complexity index is 848. The van der Waals surface area contributed by atoms with Crippen molar-refractivity contribution in [1.29, 1.82) is 0 Å². The number of fused-ring (bicyclic) bond motifs is 2. The summed E-state index contributed by atoms with van der Waals surface area (Å²) < 4.78 is 0. The summed E-state index contributed by atoms with van der Waals surface area (Å²) in [6, 6.07) is 13.7. The Balaban J connectivity index is 1.32. The molecule has 0 aromatic heterocycles. The van der Waals surface area contributed by atoms with Crippen LogP contribution in [0.4, 0.5) is 0 Å². The first kappa shape index (κ1) is 18.1. The van der Waals surface area contributed by atoms with E-state index >= 15 is 0 Å². The third-order valence-electron chi connectivity index (χ3n) is 5.45. The van der Waals surface area contributed by atoms with Gasteiger partial charge in [0.25, 0.3) is 23.6 Å². The second-order valence-electron chi connectivity index (χ2n) is 7.30. The molecule has 0 N–H and O–H groups in total. The number of amides is 4. The normalized spacial score (nSPS) is 15.6. The zero-order chi connectivity index (χ0) is 19.8. The molecular formula is C22H20N2O4. The third-order valence-corrected chi connectivity index (χ3v) is 5.45. The van der Waals surface area contributed by atoms with E-state index < -0.39 is 0 Å². The van der Waals surface area contributed by atoms with Crippen LogP contribution in [0.15, 0.2) is 48.5 Å². The summed E-state index contributed by atoms with van der Waals surface area (Å²) in [6.07, 6.45) is 1.24. The van der Waals surface area contributed by atoms with Gasteiger partial charge in [-0.05, 0) is 43.0 Å². The van der Waals surface area contributed by atoms with Crippen LogP contribution >= 0.6 is 0 Å². The summed E-state index contributed by atoms with van der Waals surface area (Å²) in [6.45, 7) is 2.65. The molecule has 0 atom stereocenters. The molecule has 6 nitrogen and oxygen atoms in total. The lowest BCUT2D eigenvalue weighted by Crippen LogP contribution is -2.33. The van der Waals surface area contributed by atoms with Crippen LogP contribution in [0.25, 0.3) is 0 Å². The van der Waals surface area contributed by atoms with Crippen LogP contribution in [-0.4, -0.2) is 46.5 Å². The summed E-state index contributed by atoms with van der Waals surface area (Å²) in [7, 11) is 0. The number of hydrogen-bond donors (Lipinski definition) is 0. The topological polar surface area (TPSA) is 74.8 Å². The molecule has 2 aliphatic heterocycles. The number of benzene rings is 2. The van der Waals surface area contributed by atoms with Crippen molar-refractivity contribution in [2.24, 2.45) is 5.92 Å². The highest BCUT2D eigenvalue weighted by Crippen LogP contribution is 2.25. The van der Waals surface area contributed by atoms with Gasteiger partial charge in [-0.1, -0.05) is 31.2 Å². The molecule has 0 saturated heterocycles. The number of rotatable bonds is 6. The summed E-state index contributed by atoms with van der Waals surface area (Å²) in [4.78, 5) is 52.2. The van der Waals surface area contributed by atoms with E-state index in [-0.39, 0.29) is 29.5 Å². The second-order valence-corrected chi connectivity index (χ2v) is 7.30. The first-order valence-corrected chi connectivity index (χ1v) is 9.39. The van der Waals surface area contributed by atoms with E-state index in [0.717, 1.165) is 0 Å². The highest BCUT2D eigenvalue weighted by atomic mass is 16.2. The van der Waals surface area contributed by atoms with Gasteiger partial charge in [-0.15, -0.1) is 0 Å². The fraction of sp³-hybridized carbons (Fsp3) is 0.273. The summed E-state index contributed by atoms with van der Waals surface area (Å²) >= 11 is 0. The molecular weight excluding hydrogens is 356 g/mol. The Morgan fingerprint density at radius 1 is 0.607 bits per heavy atom. The minimum atomic E-state index is -0.256. The molecule has 2 heterocycles. The van der Waals surface area contributed by atoms with Crippen molar-refractivity contribution >= 4 is 23.6 Å². The van der Waals surface area contributed by atoms with Crippen molar-refractivity contribution < 1.29 is 19.2 Å². The first-order valence-electron chi connectivity index (χ1n) is 9.39. The van der Waals surface area contributed by atoms with E-state index in [9.17, 15) is 19.2 Å². The summed E-state index contributed by atoms with van der Waals surface area (Å²) in [5, 5.41) is 0.